The standard InChI is InChI=1S/C22H25N3O4/c1-25(15-14-23)22(27)18(9-3-2-4-13-21(26)24-28)16-29-20-12-7-10-17-8-5-6-11-19(17)20/h5-12,28H,2-4,13,15-16H2,1H3,(H,24,26)/b18-9+. The van der Waals surface area contributed by atoms with Gasteiger partial charge in [0.25, 0.3) is 5.91 Å². The van der Waals surface area contributed by atoms with Crippen molar-refractivity contribution in [2.45, 2.75) is 25.7 Å². The maximum absolute atomic E-state index is 12.7. The fourth-order valence-electron chi connectivity index (χ4n) is 2.87. The van der Waals surface area contributed by atoms with Gasteiger partial charge < -0.3 is 9.64 Å². The first kappa shape index (κ1) is 21.9. The maximum Gasteiger partial charge on any atom is 0.253 e. The summed E-state index contributed by atoms with van der Waals surface area (Å²) < 4.78 is 5.95. The van der Waals surface area contributed by atoms with Crippen molar-refractivity contribution in [1.29, 1.82) is 5.26 Å². The van der Waals surface area contributed by atoms with Crippen LogP contribution in [0.1, 0.15) is 25.7 Å². The summed E-state index contributed by atoms with van der Waals surface area (Å²) in [7, 11) is 1.57. The van der Waals surface area contributed by atoms with E-state index in [4.69, 9.17) is 15.2 Å². The van der Waals surface area contributed by atoms with E-state index in [0.717, 1.165) is 10.8 Å². The van der Waals surface area contributed by atoms with Crippen LogP contribution in [0.4, 0.5) is 0 Å². The van der Waals surface area contributed by atoms with Gasteiger partial charge in [0, 0.05) is 18.9 Å². The molecule has 2 aromatic carbocycles. The van der Waals surface area contributed by atoms with Gasteiger partial charge in [-0.2, -0.15) is 5.26 Å². The molecule has 2 N–H and O–H groups in total. The molecule has 0 saturated heterocycles. The predicted octanol–water partition coefficient (Wildman–Crippen LogP) is 3.19. The molecular formula is C22H25N3O4. The molecule has 0 aliphatic carbocycles. The largest absolute Gasteiger partial charge is 0.488 e. The second-order valence-electron chi connectivity index (χ2n) is 6.60. The summed E-state index contributed by atoms with van der Waals surface area (Å²) >= 11 is 0. The van der Waals surface area contributed by atoms with E-state index in [1.54, 1.807) is 18.6 Å². The first-order chi connectivity index (χ1) is 14.1. The Labute approximate surface area is 170 Å². The minimum absolute atomic E-state index is 0.0128. The lowest BCUT2D eigenvalue weighted by atomic mass is 10.1. The van der Waals surface area contributed by atoms with E-state index in [9.17, 15) is 9.59 Å². The van der Waals surface area contributed by atoms with Gasteiger partial charge in [0.1, 0.15) is 18.9 Å². The van der Waals surface area contributed by atoms with Crippen LogP contribution in [-0.2, 0) is 9.59 Å². The average Bonchev–Trinajstić information content (AvgIpc) is 2.75. The molecule has 0 aliphatic rings. The highest BCUT2D eigenvalue weighted by Crippen LogP contribution is 2.25. The highest BCUT2D eigenvalue weighted by atomic mass is 16.5. The number of nitrogens with zero attached hydrogens (tertiary/aromatic N) is 2. The zero-order chi connectivity index (χ0) is 21.1. The fraction of sp³-hybridized carbons (Fsp3) is 0.318. The quantitative estimate of drug-likeness (QED) is 0.211. The Morgan fingerprint density at radius 1 is 1.21 bits per heavy atom. The molecule has 7 nitrogen and oxygen atoms in total. The summed E-state index contributed by atoms with van der Waals surface area (Å²) in [6.45, 7) is 0.0703. The molecule has 0 aromatic heterocycles. The first-order valence-corrected chi connectivity index (χ1v) is 9.41. The number of fused-ring (bicyclic) bond motifs is 1. The summed E-state index contributed by atoms with van der Waals surface area (Å²) in [5.41, 5.74) is 2.06. The van der Waals surface area contributed by atoms with Crippen molar-refractivity contribution in [3.63, 3.8) is 0 Å². The first-order valence-electron chi connectivity index (χ1n) is 9.41. The van der Waals surface area contributed by atoms with Crippen LogP contribution in [0.3, 0.4) is 0 Å². The van der Waals surface area contributed by atoms with Crippen LogP contribution in [0.25, 0.3) is 10.8 Å². The molecular weight excluding hydrogens is 370 g/mol. The molecule has 0 heterocycles. The number of hydroxylamine groups is 1. The number of benzene rings is 2. The SMILES string of the molecule is CN(CC#N)C(=O)/C(=C/CCCCC(=O)NO)COc1cccc2ccccc12. The Balaban J connectivity index is 2.08. The lowest BCUT2D eigenvalue weighted by Crippen LogP contribution is -2.30. The second kappa shape index (κ2) is 11.5. The minimum Gasteiger partial charge on any atom is -0.488 e. The maximum atomic E-state index is 12.7. The molecule has 0 bridgehead atoms. The van der Waals surface area contributed by atoms with Crippen LogP contribution in [0.2, 0.25) is 0 Å². The van der Waals surface area contributed by atoms with Crippen molar-refractivity contribution >= 4 is 22.6 Å². The smallest absolute Gasteiger partial charge is 0.253 e. The number of amides is 2. The van der Waals surface area contributed by atoms with Gasteiger partial charge in [0.15, 0.2) is 0 Å². The number of nitrogens with one attached hydrogen (secondary N) is 1. The van der Waals surface area contributed by atoms with Gasteiger partial charge in [-0.25, -0.2) is 5.48 Å². The third-order valence-corrected chi connectivity index (χ3v) is 4.44. The van der Waals surface area contributed by atoms with Crippen molar-refractivity contribution in [3.05, 3.63) is 54.1 Å². The number of carbonyl (C=O) groups excluding carboxylic acids is 2. The second-order valence-corrected chi connectivity index (χ2v) is 6.60. The van der Waals surface area contributed by atoms with Crippen LogP contribution in [0, 0.1) is 11.3 Å². The molecule has 0 fully saturated rings. The monoisotopic (exact) mass is 395 g/mol. The van der Waals surface area contributed by atoms with Crippen molar-refractivity contribution < 1.29 is 19.5 Å². The van der Waals surface area contributed by atoms with Gasteiger partial charge in [-0.1, -0.05) is 42.5 Å². The molecule has 29 heavy (non-hydrogen) atoms. The lowest BCUT2D eigenvalue weighted by molar-refractivity contribution is -0.129. The van der Waals surface area contributed by atoms with E-state index in [1.807, 2.05) is 48.5 Å². The Morgan fingerprint density at radius 2 is 1.97 bits per heavy atom. The molecule has 0 aliphatic heterocycles. The molecule has 152 valence electrons. The van der Waals surface area contributed by atoms with Gasteiger partial charge in [-0.3, -0.25) is 14.8 Å². The molecule has 0 unspecified atom stereocenters. The molecule has 0 saturated carbocycles. The van der Waals surface area contributed by atoms with Crippen LogP contribution in [-0.4, -0.2) is 42.1 Å². The highest BCUT2D eigenvalue weighted by Gasteiger charge is 2.15. The number of unbranched alkanes of at least 4 members (excludes halogenated alkanes) is 2. The predicted molar refractivity (Wildman–Crippen MR) is 109 cm³/mol. The van der Waals surface area contributed by atoms with Gasteiger partial charge in [0.05, 0.1) is 11.6 Å². The van der Waals surface area contributed by atoms with Gasteiger partial charge >= 0.3 is 0 Å². The Hall–Kier alpha value is -3.37. The van der Waals surface area contributed by atoms with Crippen molar-refractivity contribution in [2.75, 3.05) is 20.2 Å². The van der Waals surface area contributed by atoms with Crippen molar-refractivity contribution in [1.82, 2.24) is 10.4 Å². The van der Waals surface area contributed by atoms with E-state index in [2.05, 4.69) is 0 Å². The van der Waals surface area contributed by atoms with E-state index in [0.29, 0.717) is 30.6 Å². The minimum atomic E-state index is -0.432. The van der Waals surface area contributed by atoms with Crippen LogP contribution in [0.15, 0.2) is 54.1 Å². The summed E-state index contributed by atoms with van der Waals surface area (Å²) in [5.74, 6) is -0.0115. The van der Waals surface area contributed by atoms with Crippen molar-refractivity contribution in [3.8, 4) is 11.8 Å². The van der Waals surface area contributed by atoms with E-state index in [1.165, 1.54) is 4.90 Å². The number of likely N-dealkylation sites (N-methyl/N-ethyl adjacent to an activating group) is 1. The zero-order valence-corrected chi connectivity index (χ0v) is 16.4. The summed E-state index contributed by atoms with van der Waals surface area (Å²) in [6.07, 6.45) is 3.86. The topological polar surface area (TPSA) is 103 Å². The molecule has 7 heteroatoms. The van der Waals surface area contributed by atoms with E-state index < -0.39 is 5.91 Å². The van der Waals surface area contributed by atoms with Crippen LogP contribution in [0.5, 0.6) is 5.75 Å². The Kier molecular flexibility index (Phi) is 8.67. The normalized spacial score (nSPS) is 11.0. The molecule has 2 aromatic rings. The van der Waals surface area contributed by atoms with E-state index >= 15 is 0 Å². The van der Waals surface area contributed by atoms with Crippen LogP contribution < -0.4 is 10.2 Å². The number of carbonyl (C=O) groups is 2. The van der Waals surface area contributed by atoms with Gasteiger partial charge in [-0.05, 0) is 30.7 Å². The van der Waals surface area contributed by atoms with E-state index in [-0.39, 0.29) is 25.5 Å². The summed E-state index contributed by atoms with van der Waals surface area (Å²) in [4.78, 5) is 25.1. The number of allylic oxidation sites excluding steroid dienone is 1. The number of hydrogen-bond donors (Lipinski definition) is 2. The zero-order valence-electron chi connectivity index (χ0n) is 16.4. The molecule has 2 rings (SSSR count). The summed E-state index contributed by atoms with van der Waals surface area (Å²) in [6, 6.07) is 15.6. The molecule has 0 radical (unpaired) electrons. The molecule has 0 atom stereocenters. The average molecular weight is 395 g/mol. The third kappa shape index (κ3) is 6.63. The third-order valence-electron chi connectivity index (χ3n) is 4.44. The number of rotatable bonds is 10. The highest BCUT2D eigenvalue weighted by molar-refractivity contribution is 5.94. The molecule has 2 amide bonds. The molecule has 0 spiro atoms. The Morgan fingerprint density at radius 3 is 2.72 bits per heavy atom. The summed E-state index contributed by atoms with van der Waals surface area (Å²) in [5, 5.41) is 19.4. The fourth-order valence-corrected chi connectivity index (χ4v) is 2.87. The number of hydrogen-bond acceptors (Lipinski definition) is 5. The number of ether oxygens (including phenoxy) is 1. The Bertz CT molecular complexity index is 912. The lowest BCUT2D eigenvalue weighted by Gasteiger charge is -2.17. The van der Waals surface area contributed by atoms with Crippen LogP contribution >= 0.6 is 0 Å². The van der Waals surface area contributed by atoms with Gasteiger partial charge in [-0.15, -0.1) is 0 Å². The number of nitriles is 1. The van der Waals surface area contributed by atoms with Gasteiger partial charge in [0.2, 0.25) is 5.91 Å². The van der Waals surface area contributed by atoms with Crippen molar-refractivity contribution in [2.24, 2.45) is 0 Å².